The number of hydrogen-bond donors (Lipinski definition) is 2. The molecule has 82 valence electrons. The Labute approximate surface area is 87.1 Å². The minimum Gasteiger partial charge on any atom is -0.394 e. The molecule has 1 heterocycles. The van der Waals surface area contributed by atoms with E-state index < -0.39 is 12.2 Å². The number of aliphatic hydroxyl groups excluding tert-OH is 2. The van der Waals surface area contributed by atoms with Crippen LogP contribution in [0.3, 0.4) is 0 Å². The van der Waals surface area contributed by atoms with Gasteiger partial charge in [0, 0.05) is 6.42 Å². The monoisotopic (exact) mass is 212 g/mol. The highest BCUT2D eigenvalue weighted by Gasteiger charge is 2.34. The molecule has 3 atom stereocenters. The number of halogens is 1. The van der Waals surface area contributed by atoms with Gasteiger partial charge in [-0.15, -0.1) is 0 Å². The Morgan fingerprint density at radius 2 is 2.00 bits per heavy atom. The molecular formula is C11H13FO3. The quantitative estimate of drug-likeness (QED) is 0.769. The Balaban J connectivity index is 2.14. The molecule has 15 heavy (non-hydrogen) atoms. The van der Waals surface area contributed by atoms with Crippen molar-refractivity contribution in [3.05, 3.63) is 35.6 Å². The second-order valence-corrected chi connectivity index (χ2v) is 3.72. The lowest BCUT2D eigenvalue weighted by Gasteiger charge is -2.14. The fourth-order valence-corrected chi connectivity index (χ4v) is 1.82. The summed E-state index contributed by atoms with van der Waals surface area (Å²) in [5, 5.41) is 18.6. The van der Waals surface area contributed by atoms with Crippen molar-refractivity contribution in [2.24, 2.45) is 0 Å². The van der Waals surface area contributed by atoms with Crippen LogP contribution in [0.2, 0.25) is 0 Å². The molecule has 0 aromatic heterocycles. The van der Waals surface area contributed by atoms with E-state index in [-0.39, 0.29) is 18.5 Å². The Bertz CT molecular complexity index is 325. The van der Waals surface area contributed by atoms with E-state index >= 15 is 0 Å². The largest absolute Gasteiger partial charge is 0.394 e. The zero-order valence-corrected chi connectivity index (χ0v) is 8.14. The van der Waals surface area contributed by atoms with Crippen LogP contribution in [-0.2, 0) is 4.74 Å². The molecule has 1 fully saturated rings. The lowest BCUT2D eigenvalue weighted by Crippen LogP contribution is -2.11. The molecule has 2 rings (SSSR count). The second kappa shape index (κ2) is 4.26. The maximum atomic E-state index is 12.7. The molecule has 0 aliphatic carbocycles. The van der Waals surface area contributed by atoms with E-state index in [1.54, 1.807) is 12.1 Å². The van der Waals surface area contributed by atoms with Gasteiger partial charge in [0.1, 0.15) is 11.9 Å². The fraction of sp³-hybridized carbons (Fsp3) is 0.455. The molecular weight excluding hydrogens is 199 g/mol. The average molecular weight is 212 g/mol. The van der Waals surface area contributed by atoms with E-state index in [0.717, 1.165) is 5.56 Å². The van der Waals surface area contributed by atoms with Crippen LogP contribution in [0.5, 0.6) is 0 Å². The molecule has 0 amide bonds. The van der Waals surface area contributed by atoms with Gasteiger partial charge in [0.05, 0.1) is 18.8 Å². The van der Waals surface area contributed by atoms with Crippen LogP contribution in [-0.4, -0.2) is 29.0 Å². The third kappa shape index (κ3) is 2.17. The van der Waals surface area contributed by atoms with Crippen LogP contribution in [0.15, 0.2) is 24.3 Å². The molecule has 3 nitrogen and oxygen atoms in total. The van der Waals surface area contributed by atoms with Gasteiger partial charge in [-0.05, 0) is 17.7 Å². The highest BCUT2D eigenvalue weighted by molar-refractivity contribution is 5.20. The minimum absolute atomic E-state index is 0.102. The molecule has 1 aromatic rings. The standard InChI is InChI=1S/C11H13FO3/c12-8-3-1-7(2-4-8)11-10(14)5-9(6-13)15-11/h1-4,9-11,13-14H,5-6H2/t9-,10+,11-/m0/s1. The third-order valence-electron chi connectivity index (χ3n) is 2.60. The predicted molar refractivity (Wildman–Crippen MR) is 51.7 cm³/mol. The number of aliphatic hydroxyl groups is 2. The third-order valence-corrected chi connectivity index (χ3v) is 2.60. The summed E-state index contributed by atoms with van der Waals surface area (Å²) in [6, 6.07) is 5.83. The van der Waals surface area contributed by atoms with Crippen LogP contribution in [0.25, 0.3) is 0 Å². The molecule has 0 radical (unpaired) electrons. The molecule has 0 bridgehead atoms. The topological polar surface area (TPSA) is 49.7 Å². The van der Waals surface area contributed by atoms with Gasteiger partial charge in [0.15, 0.2) is 0 Å². The van der Waals surface area contributed by atoms with E-state index in [1.807, 2.05) is 0 Å². The zero-order valence-electron chi connectivity index (χ0n) is 8.14. The lowest BCUT2D eigenvalue weighted by molar-refractivity contribution is -0.0108. The Morgan fingerprint density at radius 3 is 2.53 bits per heavy atom. The lowest BCUT2D eigenvalue weighted by atomic mass is 10.0. The van der Waals surface area contributed by atoms with E-state index in [2.05, 4.69) is 0 Å². The fourth-order valence-electron chi connectivity index (χ4n) is 1.82. The van der Waals surface area contributed by atoms with Crippen molar-refractivity contribution in [1.82, 2.24) is 0 Å². The first-order chi connectivity index (χ1) is 7.20. The van der Waals surface area contributed by atoms with Crippen molar-refractivity contribution in [2.45, 2.75) is 24.7 Å². The molecule has 1 saturated heterocycles. The van der Waals surface area contributed by atoms with Crippen LogP contribution < -0.4 is 0 Å². The molecule has 0 spiro atoms. The van der Waals surface area contributed by atoms with Gasteiger partial charge in [0.2, 0.25) is 0 Å². The first kappa shape index (κ1) is 10.5. The van der Waals surface area contributed by atoms with E-state index in [1.165, 1.54) is 12.1 Å². The number of hydrogen-bond acceptors (Lipinski definition) is 3. The maximum Gasteiger partial charge on any atom is 0.123 e. The summed E-state index contributed by atoms with van der Waals surface area (Å²) in [7, 11) is 0. The second-order valence-electron chi connectivity index (χ2n) is 3.72. The van der Waals surface area contributed by atoms with E-state index in [9.17, 15) is 9.50 Å². The number of ether oxygens (including phenoxy) is 1. The van der Waals surface area contributed by atoms with Gasteiger partial charge in [-0.1, -0.05) is 12.1 Å². The smallest absolute Gasteiger partial charge is 0.123 e. The Kier molecular flexibility index (Phi) is 3.00. The maximum absolute atomic E-state index is 12.7. The molecule has 1 aromatic carbocycles. The van der Waals surface area contributed by atoms with Gasteiger partial charge in [0.25, 0.3) is 0 Å². The molecule has 0 unspecified atom stereocenters. The first-order valence-electron chi connectivity index (χ1n) is 4.90. The summed E-state index contributed by atoms with van der Waals surface area (Å²) in [5.41, 5.74) is 0.736. The van der Waals surface area contributed by atoms with Crippen LogP contribution in [0, 0.1) is 5.82 Å². The van der Waals surface area contributed by atoms with E-state index in [4.69, 9.17) is 9.84 Å². The van der Waals surface area contributed by atoms with Crippen molar-refractivity contribution >= 4 is 0 Å². The van der Waals surface area contributed by atoms with Crippen LogP contribution in [0.1, 0.15) is 18.1 Å². The summed E-state index contributed by atoms with van der Waals surface area (Å²) in [4.78, 5) is 0. The summed E-state index contributed by atoms with van der Waals surface area (Å²) in [6.45, 7) is -0.102. The zero-order chi connectivity index (χ0) is 10.8. The molecule has 4 heteroatoms. The van der Waals surface area contributed by atoms with Gasteiger partial charge in [-0.2, -0.15) is 0 Å². The van der Waals surface area contributed by atoms with Gasteiger partial charge < -0.3 is 14.9 Å². The predicted octanol–water partition coefficient (Wildman–Crippen LogP) is 1.01. The van der Waals surface area contributed by atoms with Gasteiger partial charge in [-0.3, -0.25) is 0 Å². The summed E-state index contributed by atoms with van der Waals surface area (Å²) >= 11 is 0. The summed E-state index contributed by atoms with van der Waals surface area (Å²) in [5.74, 6) is -0.315. The normalized spacial score (nSPS) is 30.7. The van der Waals surface area contributed by atoms with Crippen molar-refractivity contribution in [2.75, 3.05) is 6.61 Å². The van der Waals surface area contributed by atoms with Gasteiger partial charge >= 0.3 is 0 Å². The highest BCUT2D eigenvalue weighted by atomic mass is 19.1. The minimum atomic E-state index is -0.632. The Hall–Kier alpha value is -0.970. The molecule has 1 aliphatic rings. The Morgan fingerprint density at radius 1 is 1.33 bits per heavy atom. The van der Waals surface area contributed by atoms with Crippen molar-refractivity contribution in [1.29, 1.82) is 0 Å². The number of benzene rings is 1. The highest BCUT2D eigenvalue weighted by Crippen LogP contribution is 2.32. The average Bonchev–Trinajstić information content (AvgIpc) is 2.61. The molecule has 1 aliphatic heterocycles. The SMILES string of the molecule is OC[C@@H]1C[C@@H](O)[C@H](c2ccc(F)cc2)O1. The van der Waals surface area contributed by atoms with Crippen molar-refractivity contribution in [3.63, 3.8) is 0 Å². The molecule has 0 saturated carbocycles. The first-order valence-corrected chi connectivity index (χ1v) is 4.90. The van der Waals surface area contributed by atoms with Crippen molar-refractivity contribution in [3.8, 4) is 0 Å². The molecule has 2 N–H and O–H groups in total. The van der Waals surface area contributed by atoms with Gasteiger partial charge in [-0.25, -0.2) is 4.39 Å². The summed E-state index contributed by atoms with van der Waals surface area (Å²) < 4.78 is 18.1. The summed E-state index contributed by atoms with van der Waals surface area (Å²) in [6.07, 6.45) is -0.996. The number of rotatable bonds is 2. The van der Waals surface area contributed by atoms with Crippen LogP contribution in [0.4, 0.5) is 4.39 Å². The van der Waals surface area contributed by atoms with Crippen molar-refractivity contribution < 1.29 is 19.3 Å². The van der Waals surface area contributed by atoms with Crippen LogP contribution >= 0.6 is 0 Å². The van der Waals surface area contributed by atoms with E-state index in [0.29, 0.717) is 6.42 Å².